The van der Waals surface area contributed by atoms with Crippen LogP contribution in [-0.4, -0.2) is 43.2 Å². The molecule has 2 amide bonds. The summed E-state index contributed by atoms with van der Waals surface area (Å²) in [4.78, 5) is 25.7. The van der Waals surface area contributed by atoms with Gasteiger partial charge in [-0.15, -0.1) is 0 Å². The maximum absolute atomic E-state index is 13.9. The highest BCUT2D eigenvalue weighted by atomic mass is 19.1. The summed E-state index contributed by atoms with van der Waals surface area (Å²) in [5.74, 6) is -0.665. The predicted octanol–water partition coefficient (Wildman–Crippen LogP) is 2.04. The SMILES string of the molecule is COc1cccc(C=NN2CC(=O)N(c3ccccc3F)CC2=O)c1. The standard InChI is InChI=1S/C18H16FN3O3/c1-25-14-6-4-5-13(9-14)10-20-22-12-17(23)21(11-18(22)24)16-8-3-2-7-15(16)19/h2-10H,11-12H2,1H3. The number of carbonyl (C=O) groups excluding carboxylic acids is 2. The van der Waals surface area contributed by atoms with Crippen LogP contribution < -0.4 is 9.64 Å². The Hall–Kier alpha value is -3.22. The number of carbonyl (C=O) groups is 2. The number of nitrogens with zero attached hydrogens (tertiary/aromatic N) is 3. The van der Waals surface area contributed by atoms with Gasteiger partial charge in [-0.05, 0) is 29.8 Å². The van der Waals surface area contributed by atoms with Crippen molar-refractivity contribution >= 4 is 23.7 Å². The highest BCUT2D eigenvalue weighted by molar-refractivity contribution is 6.04. The fourth-order valence-corrected chi connectivity index (χ4v) is 2.46. The van der Waals surface area contributed by atoms with E-state index in [-0.39, 0.29) is 24.7 Å². The molecule has 3 rings (SSSR count). The van der Waals surface area contributed by atoms with E-state index in [0.717, 1.165) is 15.5 Å². The fourth-order valence-electron chi connectivity index (χ4n) is 2.46. The summed E-state index contributed by atoms with van der Waals surface area (Å²) in [6.07, 6.45) is 1.48. The van der Waals surface area contributed by atoms with E-state index in [2.05, 4.69) is 5.10 Å². The number of ether oxygens (including phenoxy) is 1. The molecule has 2 aromatic carbocycles. The molecule has 1 heterocycles. The topological polar surface area (TPSA) is 62.2 Å². The van der Waals surface area contributed by atoms with E-state index in [4.69, 9.17) is 4.74 Å². The van der Waals surface area contributed by atoms with Crippen LogP contribution >= 0.6 is 0 Å². The summed E-state index contributed by atoms with van der Waals surface area (Å²) in [6, 6.07) is 13.0. The Morgan fingerprint density at radius 3 is 2.64 bits per heavy atom. The van der Waals surface area contributed by atoms with Crippen LogP contribution in [0.5, 0.6) is 5.75 Å². The number of methoxy groups -OCH3 is 1. The Morgan fingerprint density at radius 1 is 1.08 bits per heavy atom. The number of anilines is 1. The second-order valence-electron chi connectivity index (χ2n) is 5.40. The Labute approximate surface area is 144 Å². The molecule has 0 aliphatic carbocycles. The van der Waals surface area contributed by atoms with E-state index in [1.54, 1.807) is 37.4 Å². The van der Waals surface area contributed by atoms with Crippen LogP contribution in [0.4, 0.5) is 10.1 Å². The van der Waals surface area contributed by atoms with E-state index in [0.29, 0.717) is 5.75 Å². The van der Waals surface area contributed by atoms with Crippen molar-refractivity contribution in [1.29, 1.82) is 0 Å². The monoisotopic (exact) mass is 341 g/mol. The van der Waals surface area contributed by atoms with Crippen molar-refractivity contribution < 1.29 is 18.7 Å². The minimum atomic E-state index is -0.544. The summed E-state index contributed by atoms with van der Waals surface area (Å²) in [6.45, 7) is -0.497. The van der Waals surface area contributed by atoms with E-state index in [1.807, 2.05) is 0 Å². The molecule has 0 spiro atoms. The normalized spacial score (nSPS) is 15.1. The van der Waals surface area contributed by atoms with E-state index in [9.17, 15) is 14.0 Å². The summed E-state index contributed by atoms with van der Waals surface area (Å²) in [7, 11) is 1.56. The Bertz CT molecular complexity index is 838. The number of amides is 2. The van der Waals surface area contributed by atoms with Crippen LogP contribution in [-0.2, 0) is 9.59 Å². The zero-order valence-electron chi connectivity index (χ0n) is 13.6. The van der Waals surface area contributed by atoms with Crippen LogP contribution in [0.2, 0.25) is 0 Å². The van der Waals surface area contributed by atoms with Crippen molar-refractivity contribution in [2.45, 2.75) is 0 Å². The maximum Gasteiger partial charge on any atom is 0.263 e. The second-order valence-corrected chi connectivity index (χ2v) is 5.40. The van der Waals surface area contributed by atoms with Gasteiger partial charge in [-0.3, -0.25) is 14.5 Å². The molecule has 0 radical (unpaired) electrons. The number of hydrogen-bond acceptors (Lipinski definition) is 4. The third-order valence-corrected chi connectivity index (χ3v) is 3.75. The maximum atomic E-state index is 13.9. The van der Waals surface area contributed by atoms with Gasteiger partial charge < -0.3 is 4.74 Å². The van der Waals surface area contributed by atoms with Crippen LogP contribution in [0.1, 0.15) is 5.56 Å². The predicted molar refractivity (Wildman–Crippen MR) is 91.1 cm³/mol. The molecule has 0 aromatic heterocycles. The molecule has 1 saturated heterocycles. The van der Waals surface area contributed by atoms with Crippen LogP contribution in [0.3, 0.4) is 0 Å². The Balaban J connectivity index is 1.74. The van der Waals surface area contributed by atoms with Crippen LogP contribution in [0.25, 0.3) is 0 Å². The van der Waals surface area contributed by atoms with Gasteiger partial charge in [0.25, 0.3) is 5.91 Å². The minimum Gasteiger partial charge on any atom is -0.497 e. The molecule has 25 heavy (non-hydrogen) atoms. The molecule has 1 fully saturated rings. The first-order chi connectivity index (χ1) is 12.1. The number of benzene rings is 2. The third-order valence-electron chi connectivity index (χ3n) is 3.75. The lowest BCUT2D eigenvalue weighted by Crippen LogP contribution is -2.52. The lowest BCUT2D eigenvalue weighted by molar-refractivity contribution is -0.138. The van der Waals surface area contributed by atoms with Crippen LogP contribution in [0.15, 0.2) is 53.6 Å². The van der Waals surface area contributed by atoms with E-state index in [1.165, 1.54) is 24.4 Å². The van der Waals surface area contributed by atoms with Gasteiger partial charge >= 0.3 is 0 Å². The fraction of sp³-hybridized carbons (Fsp3) is 0.167. The quantitative estimate of drug-likeness (QED) is 0.800. The molecule has 6 nitrogen and oxygen atoms in total. The van der Waals surface area contributed by atoms with E-state index < -0.39 is 11.7 Å². The number of piperazine rings is 1. The van der Waals surface area contributed by atoms with Crippen molar-refractivity contribution in [3.63, 3.8) is 0 Å². The van der Waals surface area contributed by atoms with Crippen molar-refractivity contribution in [2.75, 3.05) is 25.1 Å². The van der Waals surface area contributed by atoms with Gasteiger partial charge in [0, 0.05) is 0 Å². The zero-order chi connectivity index (χ0) is 17.8. The van der Waals surface area contributed by atoms with Gasteiger partial charge in [-0.1, -0.05) is 24.3 Å². The first-order valence-corrected chi connectivity index (χ1v) is 7.62. The Morgan fingerprint density at radius 2 is 1.88 bits per heavy atom. The molecule has 128 valence electrons. The molecular weight excluding hydrogens is 325 g/mol. The van der Waals surface area contributed by atoms with Gasteiger partial charge in [0.05, 0.1) is 19.0 Å². The highest BCUT2D eigenvalue weighted by Gasteiger charge is 2.31. The zero-order valence-corrected chi connectivity index (χ0v) is 13.6. The van der Waals surface area contributed by atoms with Crippen molar-refractivity contribution in [3.05, 3.63) is 59.9 Å². The van der Waals surface area contributed by atoms with E-state index >= 15 is 0 Å². The van der Waals surface area contributed by atoms with Gasteiger partial charge in [0.2, 0.25) is 5.91 Å². The summed E-state index contributed by atoms with van der Waals surface area (Å²) < 4.78 is 19.0. The lowest BCUT2D eigenvalue weighted by Gasteiger charge is -2.31. The van der Waals surface area contributed by atoms with Crippen molar-refractivity contribution in [2.24, 2.45) is 5.10 Å². The average Bonchev–Trinajstić information content (AvgIpc) is 2.63. The van der Waals surface area contributed by atoms with Gasteiger partial charge in [-0.25, -0.2) is 9.40 Å². The molecule has 2 aromatic rings. The van der Waals surface area contributed by atoms with Gasteiger partial charge in [0.15, 0.2) is 0 Å². The molecule has 0 N–H and O–H groups in total. The summed E-state index contributed by atoms with van der Waals surface area (Å²) in [5, 5.41) is 5.16. The first kappa shape index (κ1) is 16.6. The molecule has 7 heteroatoms. The third kappa shape index (κ3) is 3.65. The second kappa shape index (κ2) is 7.12. The van der Waals surface area contributed by atoms with Crippen LogP contribution in [0, 0.1) is 5.82 Å². The summed E-state index contributed by atoms with van der Waals surface area (Å²) >= 11 is 0. The lowest BCUT2D eigenvalue weighted by atomic mass is 10.2. The Kier molecular flexibility index (Phi) is 4.74. The van der Waals surface area contributed by atoms with Gasteiger partial charge in [-0.2, -0.15) is 5.10 Å². The molecule has 0 bridgehead atoms. The largest absolute Gasteiger partial charge is 0.497 e. The number of para-hydroxylation sites is 1. The minimum absolute atomic E-state index is 0.0947. The number of hydrazone groups is 1. The highest BCUT2D eigenvalue weighted by Crippen LogP contribution is 2.21. The molecule has 0 saturated carbocycles. The van der Waals surface area contributed by atoms with Crippen molar-refractivity contribution in [3.8, 4) is 5.75 Å². The number of hydrogen-bond donors (Lipinski definition) is 0. The molecule has 0 unspecified atom stereocenters. The smallest absolute Gasteiger partial charge is 0.263 e. The summed E-state index contributed by atoms with van der Waals surface area (Å²) in [5.41, 5.74) is 0.827. The first-order valence-electron chi connectivity index (χ1n) is 7.62. The van der Waals surface area contributed by atoms with Crippen molar-refractivity contribution in [1.82, 2.24) is 5.01 Å². The molecular formula is C18H16FN3O3. The molecule has 1 aliphatic rings. The molecule has 0 atom stereocenters. The average molecular weight is 341 g/mol. The molecule has 1 aliphatic heterocycles. The van der Waals surface area contributed by atoms with Gasteiger partial charge in [0.1, 0.15) is 24.7 Å². The number of halogens is 1. The number of rotatable bonds is 4.